The number of esters is 1. The Kier molecular flexibility index (Phi) is 6.08. The fraction of sp³-hybridized carbons (Fsp3) is 0.200. The van der Waals surface area contributed by atoms with E-state index in [-0.39, 0.29) is 17.8 Å². The van der Waals surface area contributed by atoms with Crippen LogP contribution in [0.2, 0.25) is 0 Å². The molecule has 0 saturated carbocycles. The maximum Gasteiger partial charge on any atom is 0.310 e. The summed E-state index contributed by atoms with van der Waals surface area (Å²) in [6, 6.07) is 11.6. The number of benzene rings is 2. The van der Waals surface area contributed by atoms with Crippen molar-refractivity contribution >= 4 is 34.2 Å². The number of nitro benzene ring substituents is 1. The molecule has 0 aliphatic carbocycles. The Labute approximate surface area is 165 Å². The zero-order valence-corrected chi connectivity index (χ0v) is 15.6. The van der Waals surface area contributed by atoms with Crippen LogP contribution in [0.25, 0.3) is 10.9 Å². The van der Waals surface area contributed by atoms with E-state index in [1.807, 2.05) is 24.3 Å². The van der Waals surface area contributed by atoms with Crippen molar-refractivity contribution in [1.29, 1.82) is 0 Å². The summed E-state index contributed by atoms with van der Waals surface area (Å²) >= 11 is 0. The maximum atomic E-state index is 12.1. The number of nitro groups is 1. The third kappa shape index (κ3) is 4.89. The fourth-order valence-corrected chi connectivity index (χ4v) is 2.84. The lowest BCUT2D eigenvalue weighted by Gasteiger charge is -2.09. The van der Waals surface area contributed by atoms with E-state index in [0.717, 1.165) is 16.5 Å². The zero-order valence-electron chi connectivity index (χ0n) is 15.6. The third-order valence-corrected chi connectivity index (χ3v) is 4.12. The van der Waals surface area contributed by atoms with E-state index in [1.54, 1.807) is 13.1 Å². The number of aromatic amines is 1. The molecular weight excluding hydrogens is 378 g/mol. The number of ether oxygens (including phenoxy) is 2. The summed E-state index contributed by atoms with van der Waals surface area (Å²) in [7, 11) is 0. The Hall–Kier alpha value is -3.88. The van der Waals surface area contributed by atoms with E-state index >= 15 is 0 Å². The number of aromatic nitrogens is 1. The monoisotopic (exact) mass is 397 g/mol. The summed E-state index contributed by atoms with van der Waals surface area (Å²) in [6.45, 7) is 1.56. The molecule has 0 atom stereocenters. The van der Waals surface area contributed by atoms with Crippen LogP contribution in [-0.4, -0.2) is 35.0 Å². The average molecular weight is 397 g/mol. The van der Waals surface area contributed by atoms with Crippen molar-refractivity contribution in [3.05, 3.63) is 64.3 Å². The normalized spacial score (nSPS) is 10.5. The SMILES string of the molecule is CCOc1ccc(NC(=O)COC(=O)Cc2c[nH]c3ccccc23)c([N+](=O)[O-])c1. The average Bonchev–Trinajstić information content (AvgIpc) is 3.10. The van der Waals surface area contributed by atoms with Crippen molar-refractivity contribution in [2.45, 2.75) is 13.3 Å². The maximum absolute atomic E-state index is 12.1. The van der Waals surface area contributed by atoms with Gasteiger partial charge in [0.2, 0.25) is 0 Å². The summed E-state index contributed by atoms with van der Waals surface area (Å²) in [5.74, 6) is -0.932. The van der Waals surface area contributed by atoms with Gasteiger partial charge >= 0.3 is 5.97 Å². The Morgan fingerprint density at radius 2 is 2.00 bits per heavy atom. The highest BCUT2D eigenvalue weighted by Gasteiger charge is 2.18. The molecule has 9 heteroatoms. The van der Waals surface area contributed by atoms with E-state index in [9.17, 15) is 19.7 Å². The number of hydrogen-bond acceptors (Lipinski definition) is 6. The predicted octanol–water partition coefficient (Wildman–Crippen LogP) is 3.20. The molecule has 0 radical (unpaired) electrons. The molecule has 1 heterocycles. The predicted molar refractivity (Wildman–Crippen MR) is 106 cm³/mol. The Morgan fingerprint density at radius 1 is 1.21 bits per heavy atom. The Morgan fingerprint density at radius 3 is 2.76 bits per heavy atom. The first kappa shape index (κ1) is 19.9. The van der Waals surface area contributed by atoms with Crippen LogP contribution >= 0.6 is 0 Å². The van der Waals surface area contributed by atoms with Crippen LogP contribution in [0.4, 0.5) is 11.4 Å². The molecule has 0 bridgehead atoms. The number of para-hydroxylation sites is 1. The zero-order chi connectivity index (χ0) is 20.8. The quantitative estimate of drug-likeness (QED) is 0.342. The van der Waals surface area contributed by atoms with Crippen LogP contribution in [0.3, 0.4) is 0 Å². The number of nitrogens with zero attached hydrogens (tertiary/aromatic N) is 1. The molecule has 0 saturated heterocycles. The molecule has 2 N–H and O–H groups in total. The van der Waals surface area contributed by atoms with Crippen LogP contribution in [0.5, 0.6) is 5.75 Å². The van der Waals surface area contributed by atoms with Gasteiger partial charge in [-0.15, -0.1) is 0 Å². The van der Waals surface area contributed by atoms with Crippen molar-refractivity contribution in [2.24, 2.45) is 0 Å². The molecule has 0 aliphatic heterocycles. The highest BCUT2D eigenvalue weighted by molar-refractivity contribution is 5.95. The Bertz CT molecular complexity index is 1060. The number of amides is 1. The molecular formula is C20H19N3O6. The minimum Gasteiger partial charge on any atom is -0.494 e. The summed E-state index contributed by atoms with van der Waals surface area (Å²) < 4.78 is 10.2. The van der Waals surface area contributed by atoms with Crippen LogP contribution in [0.15, 0.2) is 48.7 Å². The van der Waals surface area contributed by atoms with Crippen molar-refractivity contribution in [3.8, 4) is 5.75 Å². The largest absolute Gasteiger partial charge is 0.494 e. The van der Waals surface area contributed by atoms with Crippen molar-refractivity contribution in [3.63, 3.8) is 0 Å². The van der Waals surface area contributed by atoms with Gasteiger partial charge in [0.1, 0.15) is 11.4 Å². The van der Waals surface area contributed by atoms with Gasteiger partial charge in [0.25, 0.3) is 11.6 Å². The summed E-state index contributed by atoms with van der Waals surface area (Å²) in [5, 5.41) is 14.5. The standard InChI is InChI=1S/C20H19N3O6/c1-2-28-14-7-8-17(18(10-14)23(26)27)22-19(24)12-29-20(25)9-13-11-21-16-6-4-3-5-15(13)16/h3-8,10-11,21H,2,9,12H2,1H3,(H,22,24). The number of carbonyl (C=O) groups is 2. The molecule has 1 amide bonds. The second-order valence-electron chi connectivity index (χ2n) is 6.11. The number of nitrogens with one attached hydrogen (secondary N) is 2. The minimum atomic E-state index is -0.676. The van der Waals surface area contributed by atoms with E-state index in [1.165, 1.54) is 18.2 Å². The number of carbonyl (C=O) groups excluding carboxylic acids is 2. The molecule has 9 nitrogen and oxygen atoms in total. The molecule has 0 unspecified atom stereocenters. The number of rotatable bonds is 8. The van der Waals surface area contributed by atoms with Gasteiger partial charge in [-0.25, -0.2) is 0 Å². The van der Waals surface area contributed by atoms with Crippen LogP contribution < -0.4 is 10.1 Å². The number of H-pyrrole nitrogens is 1. The summed E-state index contributed by atoms with van der Waals surface area (Å²) in [6.07, 6.45) is 1.72. The lowest BCUT2D eigenvalue weighted by molar-refractivity contribution is -0.384. The van der Waals surface area contributed by atoms with E-state index < -0.39 is 23.4 Å². The molecule has 0 aliphatic rings. The first-order valence-corrected chi connectivity index (χ1v) is 8.89. The second-order valence-corrected chi connectivity index (χ2v) is 6.11. The van der Waals surface area contributed by atoms with Crippen molar-refractivity contribution in [2.75, 3.05) is 18.5 Å². The Balaban J connectivity index is 1.58. The smallest absolute Gasteiger partial charge is 0.310 e. The lowest BCUT2D eigenvalue weighted by Crippen LogP contribution is -2.22. The molecule has 3 rings (SSSR count). The molecule has 0 fully saturated rings. The molecule has 0 spiro atoms. The summed E-state index contributed by atoms with van der Waals surface area (Å²) in [5.41, 5.74) is 1.34. The van der Waals surface area contributed by atoms with Gasteiger partial charge in [-0.1, -0.05) is 18.2 Å². The topological polar surface area (TPSA) is 124 Å². The first-order valence-electron chi connectivity index (χ1n) is 8.89. The van der Waals surface area contributed by atoms with Gasteiger partial charge in [0, 0.05) is 17.1 Å². The highest BCUT2D eigenvalue weighted by Crippen LogP contribution is 2.29. The number of fused-ring (bicyclic) bond motifs is 1. The van der Waals surface area contributed by atoms with Crippen molar-refractivity contribution in [1.82, 2.24) is 4.98 Å². The van der Waals surface area contributed by atoms with E-state index in [4.69, 9.17) is 9.47 Å². The number of hydrogen-bond donors (Lipinski definition) is 2. The third-order valence-electron chi connectivity index (χ3n) is 4.12. The summed E-state index contributed by atoms with van der Waals surface area (Å²) in [4.78, 5) is 37.8. The van der Waals surface area contributed by atoms with Crippen LogP contribution in [0, 0.1) is 10.1 Å². The minimum absolute atomic E-state index is 0.000491. The van der Waals surface area contributed by atoms with E-state index in [0.29, 0.717) is 12.4 Å². The molecule has 3 aromatic rings. The fourth-order valence-electron chi connectivity index (χ4n) is 2.84. The molecule has 1 aromatic heterocycles. The number of anilines is 1. The van der Waals surface area contributed by atoms with Gasteiger partial charge in [0.05, 0.1) is 24.0 Å². The second kappa shape index (κ2) is 8.87. The lowest BCUT2D eigenvalue weighted by atomic mass is 10.1. The van der Waals surface area contributed by atoms with Crippen LogP contribution in [-0.2, 0) is 20.7 Å². The van der Waals surface area contributed by atoms with Crippen molar-refractivity contribution < 1.29 is 24.0 Å². The van der Waals surface area contributed by atoms with Gasteiger partial charge in [-0.2, -0.15) is 0 Å². The van der Waals surface area contributed by atoms with Gasteiger partial charge < -0.3 is 19.8 Å². The van der Waals surface area contributed by atoms with Gasteiger partial charge in [0.15, 0.2) is 6.61 Å². The van der Waals surface area contributed by atoms with Gasteiger partial charge in [-0.05, 0) is 30.7 Å². The first-order chi connectivity index (χ1) is 14.0. The highest BCUT2D eigenvalue weighted by atomic mass is 16.6. The molecule has 2 aromatic carbocycles. The molecule has 29 heavy (non-hydrogen) atoms. The van der Waals surface area contributed by atoms with Gasteiger partial charge in [-0.3, -0.25) is 19.7 Å². The van der Waals surface area contributed by atoms with Crippen LogP contribution in [0.1, 0.15) is 12.5 Å². The van der Waals surface area contributed by atoms with E-state index in [2.05, 4.69) is 10.3 Å². The molecule has 150 valence electrons.